The van der Waals surface area contributed by atoms with E-state index < -0.39 is 18.2 Å². The average Bonchev–Trinajstić information content (AvgIpc) is 3.24. The third kappa shape index (κ3) is 10.3. The quantitative estimate of drug-likeness (QED) is 0.484. The van der Waals surface area contributed by atoms with Crippen molar-refractivity contribution in [3.8, 4) is 0 Å². The summed E-state index contributed by atoms with van der Waals surface area (Å²) in [5.74, 6) is -1.59. The van der Waals surface area contributed by atoms with Gasteiger partial charge in [0.25, 0.3) is 5.91 Å². The second kappa shape index (κ2) is 14.2. The zero-order valence-corrected chi connectivity index (χ0v) is 20.6. The summed E-state index contributed by atoms with van der Waals surface area (Å²) in [6.07, 6.45) is -0.781. The van der Waals surface area contributed by atoms with Crippen molar-refractivity contribution in [3.63, 3.8) is 0 Å². The van der Waals surface area contributed by atoms with E-state index >= 15 is 0 Å². The third-order valence-electron chi connectivity index (χ3n) is 5.49. The number of methoxy groups -OCH3 is 1. The maximum absolute atomic E-state index is 12.6. The van der Waals surface area contributed by atoms with Crippen LogP contribution in [0.5, 0.6) is 0 Å². The number of halogens is 3. The van der Waals surface area contributed by atoms with Gasteiger partial charge in [0.2, 0.25) is 0 Å². The topological polar surface area (TPSA) is 112 Å². The Kier molecular flexibility index (Phi) is 12.4. The minimum atomic E-state index is -5.19. The molecule has 1 saturated heterocycles. The van der Waals surface area contributed by atoms with Crippen molar-refractivity contribution in [2.45, 2.75) is 57.3 Å². The van der Waals surface area contributed by atoms with Crippen LogP contribution in [-0.2, 0) is 25.5 Å². The molecule has 0 aliphatic carbocycles. The highest BCUT2D eigenvalue weighted by Crippen LogP contribution is 2.19. The molecule has 192 valence electrons. The number of alkyl halides is 3. The summed E-state index contributed by atoms with van der Waals surface area (Å²) in [6.45, 7) is 5.34. The summed E-state index contributed by atoms with van der Waals surface area (Å²) in [7, 11) is 1.36. The van der Waals surface area contributed by atoms with Crippen LogP contribution in [-0.4, -0.2) is 61.8 Å². The number of aliphatic carboxylic acids is 1. The van der Waals surface area contributed by atoms with Gasteiger partial charge in [-0.25, -0.2) is 4.79 Å². The van der Waals surface area contributed by atoms with Gasteiger partial charge < -0.3 is 25.3 Å². The monoisotopic (exact) mass is 506 g/mol. The lowest BCUT2D eigenvalue weighted by atomic mass is 9.94. The van der Waals surface area contributed by atoms with E-state index in [2.05, 4.69) is 48.7 Å². The minimum absolute atomic E-state index is 0.0517. The van der Waals surface area contributed by atoms with E-state index in [-0.39, 0.29) is 17.9 Å². The molecule has 1 aliphatic heterocycles. The molecule has 1 aliphatic rings. The zero-order valence-electron chi connectivity index (χ0n) is 19.8. The lowest BCUT2D eigenvalue weighted by Crippen LogP contribution is -2.89. The smallest absolute Gasteiger partial charge is 0.430 e. The van der Waals surface area contributed by atoms with Gasteiger partial charge in [0, 0.05) is 12.3 Å². The molecular formula is C23H33F3N2O5S. The van der Waals surface area contributed by atoms with Gasteiger partial charge in [0.15, 0.2) is 6.04 Å². The van der Waals surface area contributed by atoms with Crippen molar-refractivity contribution >= 4 is 29.6 Å². The number of carboxylic acid groups (broad SMARTS) is 1. The predicted octanol–water partition coefficient (Wildman–Crippen LogP) is 1.01. The maximum atomic E-state index is 12.6. The molecule has 0 aromatic heterocycles. The summed E-state index contributed by atoms with van der Waals surface area (Å²) < 4.78 is 36.4. The van der Waals surface area contributed by atoms with Gasteiger partial charge in [0.1, 0.15) is 12.0 Å². The van der Waals surface area contributed by atoms with Crippen LogP contribution >= 0.6 is 11.8 Å². The van der Waals surface area contributed by atoms with E-state index in [4.69, 9.17) is 14.6 Å². The van der Waals surface area contributed by atoms with E-state index in [1.54, 1.807) is 11.8 Å². The second-order valence-corrected chi connectivity index (χ2v) is 9.42. The van der Waals surface area contributed by atoms with Gasteiger partial charge in [-0.1, -0.05) is 38.1 Å². The van der Waals surface area contributed by atoms with E-state index in [1.165, 1.54) is 18.2 Å². The van der Waals surface area contributed by atoms with Crippen molar-refractivity contribution < 1.29 is 42.7 Å². The van der Waals surface area contributed by atoms with Crippen LogP contribution in [0.15, 0.2) is 24.3 Å². The molecule has 0 spiro atoms. The Hall–Kier alpha value is -2.27. The van der Waals surface area contributed by atoms with Crippen molar-refractivity contribution in [3.05, 3.63) is 35.4 Å². The second-order valence-electron chi connectivity index (χ2n) is 8.43. The third-order valence-corrected chi connectivity index (χ3v) is 6.14. The number of carbonyl (C=O) groups excluding carboxylic acids is 3. The molecule has 7 nitrogen and oxygen atoms in total. The lowest BCUT2D eigenvalue weighted by Gasteiger charge is -2.17. The number of amides is 1. The van der Waals surface area contributed by atoms with Crippen LogP contribution in [0.4, 0.5) is 13.2 Å². The number of rotatable bonds is 9. The number of benzene rings is 1. The van der Waals surface area contributed by atoms with Crippen LogP contribution in [0.1, 0.15) is 43.7 Å². The van der Waals surface area contributed by atoms with Gasteiger partial charge in [0.05, 0.1) is 13.7 Å². The van der Waals surface area contributed by atoms with Crippen LogP contribution in [0.25, 0.3) is 0 Å². The largest absolute Gasteiger partial charge is 0.542 e. The fraction of sp³-hybridized carbons (Fsp3) is 0.609. The van der Waals surface area contributed by atoms with Gasteiger partial charge >= 0.3 is 12.1 Å². The van der Waals surface area contributed by atoms with Crippen molar-refractivity contribution in [2.24, 2.45) is 5.92 Å². The molecule has 1 fully saturated rings. The Morgan fingerprint density at radius 1 is 1.24 bits per heavy atom. The highest BCUT2D eigenvalue weighted by Gasteiger charge is 2.35. The number of hydrogen-bond acceptors (Lipinski definition) is 6. The first-order valence-electron chi connectivity index (χ1n) is 11.0. The maximum Gasteiger partial charge on any atom is 0.430 e. The van der Waals surface area contributed by atoms with Gasteiger partial charge in [-0.2, -0.15) is 24.9 Å². The van der Waals surface area contributed by atoms with E-state index in [1.807, 2.05) is 6.26 Å². The number of carbonyl (C=O) groups is 3. The summed E-state index contributed by atoms with van der Waals surface area (Å²) >= 11 is 1.65. The highest BCUT2D eigenvalue weighted by atomic mass is 32.2. The molecule has 1 amide bonds. The summed E-state index contributed by atoms with van der Waals surface area (Å²) in [5, 5.41) is 13.8. The fourth-order valence-corrected chi connectivity index (χ4v) is 4.04. The first-order chi connectivity index (χ1) is 15.9. The molecular weight excluding hydrogens is 473 g/mol. The van der Waals surface area contributed by atoms with Crippen molar-refractivity contribution in [2.75, 3.05) is 25.7 Å². The summed E-state index contributed by atoms with van der Waals surface area (Å²) in [6, 6.07) is 8.15. The molecule has 0 unspecified atom stereocenters. The number of ether oxygens (including phenoxy) is 1. The first-order valence-corrected chi connectivity index (χ1v) is 12.4. The average molecular weight is 507 g/mol. The first kappa shape index (κ1) is 29.8. The fourth-order valence-electron chi connectivity index (χ4n) is 3.57. The van der Waals surface area contributed by atoms with E-state index in [0.717, 1.165) is 25.1 Å². The predicted molar refractivity (Wildman–Crippen MR) is 121 cm³/mol. The normalized spacial score (nSPS) is 18.6. The van der Waals surface area contributed by atoms with Crippen LogP contribution < -0.4 is 15.7 Å². The van der Waals surface area contributed by atoms with Crippen LogP contribution in [0.3, 0.4) is 0 Å². The number of quaternary nitrogens is 1. The van der Waals surface area contributed by atoms with Crippen LogP contribution in [0, 0.1) is 5.92 Å². The molecule has 11 heteroatoms. The molecule has 1 aromatic carbocycles. The Morgan fingerprint density at radius 3 is 2.29 bits per heavy atom. The number of thioether (sulfide) groups is 1. The SMILES string of the molecule is COC(=O)[C@H](CCSC)NC(=O)[C@@H]1C[C@H](Cc2ccc(C(C)C)cc2)C[NH2+]1.O=C([O-])C(F)(F)F. The summed E-state index contributed by atoms with van der Waals surface area (Å²) in [5.41, 5.74) is 2.68. The van der Waals surface area contributed by atoms with Gasteiger partial charge in [-0.05, 0) is 41.9 Å². The standard InChI is InChI=1S/C21H32N2O3S.C2HF3O2/c1-14(2)17-7-5-15(6-8-17)11-16-12-19(22-13-16)20(24)23-18(9-10-27-4)21(25)26-3;3-2(4,5)1(6)7/h5-8,14,16,18-19,22H,9-13H2,1-4H3,(H,23,24);(H,6,7)/t16-,18-,19-;/m0./s1. The Morgan fingerprint density at radius 2 is 1.82 bits per heavy atom. The van der Waals surface area contributed by atoms with Gasteiger partial charge in [-0.3, -0.25) is 4.79 Å². The van der Waals surface area contributed by atoms with Crippen molar-refractivity contribution in [1.82, 2.24) is 5.32 Å². The van der Waals surface area contributed by atoms with Gasteiger partial charge in [-0.15, -0.1) is 0 Å². The number of hydrogen-bond donors (Lipinski definition) is 2. The minimum Gasteiger partial charge on any atom is -0.542 e. The molecule has 2 rings (SSSR count). The molecule has 0 bridgehead atoms. The zero-order chi connectivity index (χ0) is 25.9. The molecule has 0 radical (unpaired) electrons. The Labute approximate surface area is 202 Å². The number of nitrogens with two attached hydrogens (primary N) is 1. The van der Waals surface area contributed by atoms with Crippen molar-refractivity contribution in [1.29, 1.82) is 0 Å². The number of nitrogens with one attached hydrogen (secondary N) is 1. The number of esters is 1. The summed E-state index contributed by atoms with van der Waals surface area (Å²) in [4.78, 5) is 33.3. The highest BCUT2D eigenvalue weighted by molar-refractivity contribution is 7.98. The van der Waals surface area contributed by atoms with E-state index in [0.29, 0.717) is 18.3 Å². The van der Waals surface area contributed by atoms with E-state index in [9.17, 15) is 22.8 Å². The molecule has 1 heterocycles. The van der Waals surface area contributed by atoms with Crippen LogP contribution in [0.2, 0.25) is 0 Å². The molecule has 3 atom stereocenters. The molecule has 0 saturated carbocycles. The Balaban J connectivity index is 0.000000718. The Bertz CT molecular complexity index is 803. The number of carboxylic acids is 1. The molecule has 3 N–H and O–H groups in total. The molecule has 34 heavy (non-hydrogen) atoms. The molecule has 1 aromatic rings. The lowest BCUT2D eigenvalue weighted by molar-refractivity contribution is -0.659.